The fourth-order valence-corrected chi connectivity index (χ4v) is 3.20. The lowest BCUT2D eigenvalue weighted by Gasteiger charge is -2.30. The fraction of sp³-hybridized carbons (Fsp3) is 0.353. The monoisotopic (exact) mass is 347 g/mol. The Hall–Kier alpha value is -2.34. The standard InChI is InChI=1S/C17H18ClN3O3/c1-11-13(10-19-21(11)15-5-3-2-4-14(15)18)16(22)20-8-6-12(7-9-20)17(23)24/h2-5,10,12H,6-9H2,1H3,(H,23,24). The SMILES string of the molecule is Cc1c(C(=O)N2CCC(C(=O)O)CC2)cnn1-c1ccccc1Cl. The second kappa shape index (κ2) is 6.65. The molecule has 126 valence electrons. The van der Waals surface area contributed by atoms with Gasteiger partial charge in [-0.2, -0.15) is 5.10 Å². The molecule has 1 saturated heterocycles. The van der Waals surface area contributed by atoms with Gasteiger partial charge in [0.25, 0.3) is 5.91 Å². The van der Waals surface area contributed by atoms with Crippen LogP contribution in [-0.2, 0) is 4.79 Å². The molecule has 0 bridgehead atoms. The van der Waals surface area contributed by atoms with Gasteiger partial charge in [-0.3, -0.25) is 9.59 Å². The number of likely N-dealkylation sites (tertiary alicyclic amines) is 1. The molecular formula is C17H18ClN3O3. The molecule has 3 rings (SSSR count). The number of carbonyl (C=O) groups excluding carboxylic acids is 1. The normalized spacial score (nSPS) is 15.5. The molecule has 1 N–H and O–H groups in total. The summed E-state index contributed by atoms with van der Waals surface area (Å²) in [7, 11) is 0. The number of carbonyl (C=O) groups is 2. The van der Waals surface area contributed by atoms with E-state index in [-0.39, 0.29) is 11.8 Å². The number of aliphatic carboxylic acids is 1. The lowest BCUT2D eigenvalue weighted by Crippen LogP contribution is -2.40. The first-order valence-electron chi connectivity index (χ1n) is 7.80. The van der Waals surface area contributed by atoms with Crippen molar-refractivity contribution < 1.29 is 14.7 Å². The van der Waals surface area contributed by atoms with Crippen LogP contribution in [0.25, 0.3) is 5.69 Å². The lowest BCUT2D eigenvalue weighted by atomic mass is 9.96. The van der Waals surface area contributed by atoms with Crippen molar-refractivity contribution in [1.29, 1.82) is 0 Å². The molecule has 0 saturated carbocycles. The molecule has 0 aliphatic carbocycles. The third-order valence-corrected chi connectivity index (χ3v) is 4.77. The maximum atomic E-state index is 12.7. The number of rotatable bonds is 3. The molecule has 0 spiro atoms. The van der Waals surface area contributed by atoms with Crippen LogP contribution in [-0.4, -0.2) is 44.8 Å². The van der Waals surface area contributed by atoms with Gasteiger partial charge in [-0.25, -0.2) is 4.68 Å². The zero-order chi connectivity index (χ0) is 17.3. The second-order valence-corrected chi connectivity index (χ2v) is 6.32. The summed E-state index contributed by atoms with van der Waals surface area (Å²) in [6, 6.07) is 7.31. The van der Waals surface area contributed by atoms with Crippen LogP contribution in [0.2, 0.25) is 5.02 Å². The molecule has 1 amide bonds. The minimum Gasteiger partial charge on any atom is -0.481 e. The van der Waals surface area contributed by atoms with Crippen LogP contribution in [0.4, 0.5) is 0 Å². The number of benzene rings is 1. The zero-order valence-electron chi connectivity index (χ0n) is 13.3. The number of piperidine rings is 1. The van der Waals surface area contributed by atoms with E-state index in [0.717, 1.165) is 5.69 Å². The molecule has 1 aromatic carbocycles. The fourth-order valence-electron chi connectivity index (χ4n) is 2.99. The molecule has 1 aromatic heterocycles. The van der Waals surface area contributed by atoms with Crippen LogP contribution >= 0.6 is 11.6 Å². The Labute approximate surface area is 144 Å². The van der Waals surface area contributed by atoms with Crippen LogP contribution in [0.3, 0.4) is 0 Å². The second-order valence-electron chi connectivity index (χ2n) is 5.91. The first-order valence-corrected chi connectivity index (χ1v) is 8.18. The van der Waals surface area contributed by atoms with Crippen molar-refractivity contribution in [2.24, 2.45) is 5.92 Å². The summed E-state index contributed by atoms with van der Waals surface area (Å²) in [4.78, 5) is 25.4. The Morgan fingerprint density at radius 2 is 1.92 bits per heavy atom. The quantitative estimate of drug-likeness (QED) is 0.926. The topological polar surface area (TPSA) is 75.4 Å². The lowest BCUT2D eigenvalue weighted by molar-refractivity contribution is -0.143. The van der Waals surface area contributed by atoms with Gasteiger partial charge in [0, 0.05) is 13.1 Å². The van der Waals surface area contributed by atoms with E-state index in [4.69, 9.17) is 16.7 Å². The Bertz CT molecular complexity index is 779. The maximum Gasteiger partial charge on any atom is 0.306 e. The van der Waals surface area contributed by atoms with Gasteiger partial charge in [-0.05, 0) is 31.9 Å². The Kier molecular flexibility index (Phi) is 4.57. The molecule has 2 aromatic rings. The highest BCUT2D eigenvalue weighted by molar-refractivity contribution is 6.32. The summed E-state index contributed by atoms with van der Waals surface area (Å²) < 4.78 is 1.65. The summed E-state index contributed by atoms with van der Waals surface area (Å²) in [6.45, 7) is 2.73. The van der Waals surface area contributed by atoms with E-state index in [2.05, 4.69) is 5.10 Å². The van der Waals surface area contributed by atoms with E-state index < -0.39 is 5.97 Å². The number of para-hydroxylation sites is 1. The maximum absolute atomic E-state index is 12.7. The molecule has 7 heteroatoms. The van der Waals surface area contributed by atoms with Gasteiger partial charge in [-0.15, -0.1) is 0 Å². The predicted octanol–water partition coefficient (Wildman–Crippen LogP) is 2.77. The van der Waals surface area contributed by atoms with Crippen LogP contribution in [0.5, 0.6) is 0 Å². The highest BCUT2D eigenvalue weighted by Crippen LogP contribution is 2.24. The summed E-state index contributed by atoms with van der Waals surface area (Å²) in [5.74, 6) is -1.26. The number of amides is 1. The molecule has 2 heterocycles. The summed E-state index contributed by atoms with van der Waals surface area (Å²) in [5.41, 5.74) is 1.96. The predicted molar refractivity (Wildman–Crippen MR) is 89.6 cm³/mol. The van der Waals surface area contributed by atoms with Crippen molar-refractivity contribution in [1.82, 2.24) is 14.7 Å². The van der Waals surface area contributed by atoms with E-state index in [0.29, 0.717) is 42.2 Å². The van der Waals surface area contributed by atoms with Gasteiger partial charge in [0.2, 0.25) is 0 Å². The van der Waals surface area contributed by atoms with Gasteiger partial charge in [0.15, 0.2) is 0 Å². The van der Waals surface area contributed by atoms with Gasteiger partial charge in [0.1, 0.15) is 0 Å². The van der Waals surface area contributed by atoms with E-state index in [1.165, 1.54) is 0 Å². The van der Waals surface area contributed by atoms with Crippen LogP contribution in [0.1, 0.15) is 28.9 Å². The molecule has 0 atom stereocenters. The molecular weight excluding hydrogens is 330 g/mol. The van der Waals surface area contributed by atoms with E-state index >= 15 is 0 Å². The number of carboxylic acid groups (broad SMARTS) is 1. The first-order chi connectivity index (χ1) is 11.5. The average molecular weight is 348 g/mol. The third-order valence-electron chi connectivity index (χ3n) is 4.45. The number of halogens is 1. The van der Waals surface area contributed by atoms with Gasteiger partial charge in [-0.1, -0.05) is 23.7 Å². The molecule has 1 fully saturated rings. The Morgan fingerprint density at radius 3 is 2.54 bits per heavy atom. The van der Waals surface area contributed by atoms with Gasteiger partial charge in [0.05, 0.1) is 34.1 Å². The van der Waals surface area contributed by atoms with Crippen molar-refractivity contribution in [2.45, 2.75) is 19.8 Å². The van der Waals surface area contributed by atoms with Crippen LogP contribution in [0, 0.1) is 12.8 Å². The van der Waals surface area contributed by atoms with Crippen LogP contribution in [0.15, 0.2) is 30.5 Å². The number of nitrogens with zero attached hydrogens (tertiary/aromatic N) is 3. The van der Waals surface area contributed by atoms with Gasteiger partial charge >= 0.3 is 5.97 Å². The molecule has 0 radical (unpaired) electrons. The highest BCUT2D eigenvalue weighted by atomic mass is 35.5. The minimum absolute atomic E-state index is 0.116. The average Bonchev–Trinajstić information content (AvgIpc) is 2.96. The van der Waals surface area contributed by atoms with Crippen molar-refractivity contribution in [3.05, 3.63) is 46.7 Å². The summed E-state index contributed by atoms with van der Waals surface area (Å²) >= 11 is 6.20. The van der Waals surface area contributed by atoms with E-state index in [9.17, 15) is 9.59 Å². The van der Waals surface area contributed by atoms with Crippen LogP contribution < -0.4 is 0 Å². The first kappa shape index (κ1) is 16.5. The van der Waals surface area contributed by atoms with Crippen molar-refractivity contribution in [3.63, 3.8) is 0 Å². The number of carboxylic acids is 1. The summed E-state index contributed by atoms with van der Waals surface area (Å²) in [5, 5.41) is 13.9. The van der Waals surface area contributed by atoms with Crippen molar-refractivity contribution in [2.75, 3.05) is 13.1 Å². The molecule has 6 nitrogen and oxygen atoms in total. The molecule has 0 unspecified atom stereocenters. The molecule has 1 aliphatic rings. The van der Waals surface area contributed by atoms with Crippen molar-refractivity contribution >= 4 is 23.5 Å². The number of hydrogen-bond acceptors (Lipinski definition) is 3. The largest absolute Gasteiger partial charge is 0.481 e. The zero-order valence-corrected chi connectivity index (χ0v) is 14.0. The smallest absolute Gasteiger partial charge is 0.306 e. The Morgan fingerprint density at radius 1 is 1.25 bits per heavy atom. The van der Waals surface area contributed by atoms with E-state index in [1.54, 1.807) is 21.8 Å². The summed E-state index contributed by atoms with van der Waals surface area (Å²) in [6.07, 6.45) is 2.52. The highest BCUT2D eigenvalue weighted by Gasteiger charge is 2.29. The number of hydrogen-bond donors (Lipinski definition) is 1. The molecule has 1 aliphatic heterocycles. The van der Waals surface area contributed by atoms with Crippen molar-refractivity contribution in [3.8, 4) is 5.69 Å². The Balaban J connectivity index is 1.80. The minimum atomic E-state index is -0.787. The van der Waals surface area contributed by atoms with E-state index in [1.807, 2.05) is 25.1 Å². The third kappa shape index (κ3) is 3.01. The molecule has 24 heavy (non-hydrogen) atoms. The van der Waals surface area contributed by atoms with Gasteiger partial charge < -0.3 is 10.0 Å². The number of aromatic nitrogens is 2.